The molecule has 0 amide bonds. The maximum atomic E-state index is 11.3. The monoisotopic (exact) mass is 255 g/mol. The highest BCUT2D eigenvalue weighted by Crippen LogP contribution is 2.27. The van der Waals surface area contributed by atoms with Crippen molar-refractivity contribution in [1.82, 2.24) is 0 Å². The molecule has 0 saturated heterocycles. The van der Waals surface area contributed by atoms with Gasteiger partial charge in [0.05, 0.1) is 13.5 Å². The Balaban J connectivity index is 2.97. The molecule has 17 heavy (non-hydrogen) atoms. The molecule has 0 fully saturated rings. The lowest BCUT2D eigenvalue weighted by atomic mass is 9.89. The Hall–Kier alpha value is -1.06. The van der Waals surface area contributed by atoms with Gasteiger partial charge in [-0.1, -0.05) is 23.7 Å². The SMILES string of the molecule is COC(=O)CC(c1ccc(C)c(Cl)c1)C(C)N. The van der Waals surface area contributed by atoms with Crippen LogP contribution in [0.25, 0.3) is 0 Å². The van der Waals surface area contributed by atoms with Gasteiger partial charge in [-0.15, -0.1) is 0 Å². The molecule has 0 bridgehead atoms. The zero-order valence-electron chi connectivity index (χ0n) is 10.4. The molecule has 2 atom stereocenters. The minimum absolute atomic E-state index is 0.0689. The topological polar surface area (TPSA) is 52.3 Å². The third-order valence-corrected chi connectivity index (χ3v) is 3.28. The highest BCUT2D eigenvalue weighted by atomic mass is 35.5. The molecule has 94 valence electrons. The van der Waals surface area contributed by atoms with Gasteiger partial charge in [0.1, 0.15) is 0 Å². The summed E-state index contributed by atoms with van der Waals surface area (Å²) in [6.07, 6.45) is 0.271. The van der Waals surface area contributed by atoms with E-state index in [0.717, 1.165) is 11.1 Å². The van der Waals surface area contributed by atoms with Gasteiger partial charge >= 0.3 is 5.97 Å². The van der Waals surface area contributed by atoms with Gasteiger partial charge in [-0.2, -0.15) is 0 Å². The number of rotatable bonds is 4. The summed E-state index contributed by atoms with van der Waals surface area (Å²) in [6.45, 7) is 3.81. The van der Waals surface area contributed by atoms with E-state index in [0.29, 0.717) is 5.02 Å². The Morgan fingerprint density at radius 3 is 2.65 bits per heavy atom. The van der Waals surface area contributed by atoms with E-state index in [4.69, 9.17) is 17.3 Å². The van der Waals surface area contributed by atoms with Crippen molar-refractivity contribution >= 4 is 17.6 Å². The van der Waals surface area contributed by atoms with Crippen molar-refractivity contribution in [2.75, 3.05) is 7.11 Å². The second kappa shape index (κ2) is 6.03. The van der Waals surface area contributed by atoms with Crippen molar-refractivity contribution in [3.05, 3.63) is 34.3 Å². The lowest BCUT2D eigenvalue weighted by molar-refractivity contribution is -0.141. The van der Waals surface area contributed by atoms with E-state index in [2.05, 4.69) is 4.74 Å². The Morgan fingerprint density at radius 2 is 2.18 bits per heavy atom. The smallest absolute Gasteiger partial charge is 0.306 e. The summed E-state index contributed by atoms with van der Waals surface area (Å²) in [7, 11) is 1.38. The highest BCUT2D eigenvalue weighted by molar-refractivity contribution is 6.31. The van der Waals surface area contributed by atoms with Crippen LogP contribution in [0.1, 0.15) is 30.4 Å². The van der Waals surface area contributed by atoms with Crippen LogP contribution in [0.2, 0.25) is 5.02 Å². The van der Waals surface area contributed by atoms with Crippen LogP contribution in [0.15, 0.2) is 18.2 Å². The van der Waals surface area contributed by atoms with Crippen LogP contribution in [0.4, 0.5) is 0 Å². The predicted octanol–water partition coefficient (Wildman–Crippen LogP) is 2.64. The van der Waals surface area contributed by atoms with E-state index < -0.39 is 0 Å². The quantitative estimate of drug-likeness (QED) is 0.842. The Morgan fingerprint density at radius 1 is 1.53 bits per heavy atom. The van der Waals surface area contributed by atoms with Crippen molar-refractivity contribution < 1.29 is 9.53 Å². The second-order valence-corrected chi connectivity index (χ2v) is 4.66. The lowest BCUT2D eigenvalue weighted by Gasteiger charge is -2.20. The van der Waals surface area contributed by atoms with Gasteiger partial charge in [0, 0.05) is 17.0 Å². The van der Waals surface area contributed by atoms with Gasteiger partial charge in [-0.05, 0) is 31.0 Å². The number of esters is 1. The largest absolute Gasteiger partial charge is 0.469 e. The Kier molecular flexibility index (Phi) is 4.97. The van der Waals surface area contributed by atoms with Gasteiger partial charge in [0.15, 0.2) is 0 Å². The Labute approximate surface area is 107 Å². The van der Waals surface area contributed by atoms with Gasteiger partial charge in [0.25, 0.3) is 0 Å². The normalized spacial score (nSPS) is 14.2. The molecule has 0 aliphatic carbocycles. The van der Waals surface area contributed by atoms with Crippen LogP contribution in [-0.4, -0.2) is 19.1 Å². The van der Waals surface area contributed by atoms with E-state index in [1.807, 2.05) is 32.0 Å². The average Bonchev–Trinajstić information content (AvgIpc) is 2.29. The van der Waals surface area contributed by atoms with Crippen molar-refractivity contribution in [2.45, 2.75) is 32.2 Å². The van der Waals surface area contributed by atoms with Gasteiger partial charge in [-0.3, -0.25) is 4.79 Å². The maximum absolute atomic E-state index is 11.3. The molecule has 4 heteroatoms. The molecule has 0 aliphatic heterocycles. The number of hydrogen-bond acceptors (Lipinski definition) is 3. The van der Waals surface area contributed by atoms with Crippen LogP contribution in [-0.2, 0) is 9.53 Å². The molecule has 0 heterocycles. The minimum Gasteiger partial charge on any atom is -0.469 e. The molecular weight excluding hydrogens is 238 g/mol. The average molecular weight is 256 g/mol. The fraction of sp³-hybridized carbons (Fsp3) is 0.462. The molecule has 0 radical (unpaired) electrons. The molecular formula is C13H18ClNO2. The number of nitrogens with two attached hydrogens (primary N) is 1. The fourth-order valence-electron chi connectivity index (χ4n) is 1.71. The van der Waals surface area contributed by atoms with Gasteiger partial charge in [-0.25, -0.2) is 0 Å². The lowest BCUT2D eigenvalue weighted by Crippen LogP contribution is -2.27. The number of halogens is 1. The van der Waals surface area contributed by atoms with Crippen LogP contribution >= 0.6 is 11.6 Å². The molecule has 0 saturated carbocycles. The number of benzene rings is 1. The summed E-state index contributed by atoms with van der Waals surface area (Å²) in [5.74, 6) is -0.329. The predicted molar refractivity (Wildman–Crippen MR) is 69.2 cm³/mol. The summed E-state index contributed by atoms with van der Waals surface area (Å²) >= 11 is 6.08. The minimum atomic E-state index is -0.260. The van der Waals surface area contributed by atoms with Crippen molar-refractivity contribution in [3.63, 3.8) is 0 Å². The van der Waals surface area contributed by atoms with Crippen LogP contribution < -0.4 is 5.73 Å². The number of methoxy groups -OCH3 is 1. The van der Waals surface area contributed by atoms with Crippen LogP contribution in [0.5, 0.6) is 0 Å². The van der Waals surface area contributed by atoms with E-state index in [1.54, 1.807) is 0 Å². The van der Waals surface area contributed by atoms with E-state index in [1.165, 1.54) is 7.11 Å². The summed E-state index contributed by atoms with van der Waals surface area (Å²) in [5.41, 5.74) is 7.89. The first kappa shape index (κ1) is 14.0. The Bertz CT molecular complexity index is 404. The third kappa shape index (κ3) is 3.72. The highest BCUT2D eigenvalue weighted by Gasteiger charge is 2.20. The third-order valence-electron chi connectivity index (χ3n) is 2.87. The first-order chi connectivity index (χ1) is 7.95. The van der Waals surface area contributed by atoms with E-state index >= 15 is 0 Å². The second-order valence-electron chi connectivity index (χ2n) is 4.25. The summed E-state index contributed by atoms with van der Waals surface area (Å²) in [6, 6.07) is 5.63. The molecule has 1 aromatic carbocycles. The van der Waals surface area contributed by atoms with Crippen molar-refractivity contribution in [1.29, 1.82) is 0 Å². The molecule has 2 N–H and O–H groups in total. The zero-order valence-corrected chi connectivity index (χ0v) is 11.1. The first-order valence-electron chi connectivity index (χ1n) is 5.54. The van der Waals surface area contributed by atoms with E-state index in [-0.39, 0.29) is 24.3 Å². The molecule has 0 aromatic heterocycles. The molecule has 1 rings (SSSR count). The number of aryl methyl sites for hydroxylation is 1. The fourth-order valence-corrected chi connectivity index (χ4v) is 1.90. The van der Waals surface area contributed by atoms with Crippen molar-refractivity contribution in [3.8, 4) is 0 Å². The molecule has 2 unspecified atom stereocenters. The van der Waals surface area contributed by atoms with Gasteiger partial charge in [0.2, 0.25) is 0 Å². The number of hydrogen-bond donors (Lipinski definition) is 1. The maximum Gasteiger partial charge on any atom is 0.306 e. The number of ether oxygens (including phenoxy) is 1. The van der Waals surface area contributed by atoms with Crippen LogP contribution in [0.3, 0.4) is 0 Å². The number of carbonyl (C=O) groups excluding carboxylic acids is 1. The summed E-state index contributed by atoms with van der Waals surface area (Å²) < 4.78 is 4.68. The zero-order chi connectivity index (χ0) is 13.0. The summed E-state index contributed by atoms with van der Waals surface area (Å²) in [4.78, 5) is 11.3. The molecule has 1 aromatic rings. The van der Waals surface area contributed by atoms with E-state index in [9.17, 15) is 4.79 Å². The summed E-state index contributed by atoms with van der Waals surface area (Å²) in [5, 5.41) is 0.693. The molecule has 0 spiro atoms. The molecule has 0 aliphatic rings. The number of carbonyl (C=O) groups is 1. The van der Waals surface area contributed by atoms with Gasteiger partial charge < -0.3 is 10.5 Å². The van der Waals surface area contributed by atoms with Crippen molar-refractivity contribution in [2.24, 2.45) is 5.73 Å². The standard InChI is InChI=1S/C13H18ClNO2/c1-8-4-5-10(6-12(8)14)11(9(2)15)7-13(16)17-3/h4-6,9,11H,7,15H2,1-3H3. The molecule has 3 nitrogen and oxygen atoms in total. The van der Waals surface area contributed by atoms with Crippen LogP contribution in [0, 0.1) is 6.92 Å². The first-order valence-corrected chi connectivity index (χ1v) is 5.92.